The molecule has 1 aromatic carbocycles. The summed E-state index contributed by atoms with van der Waals surface area (Å²) in [5.41, 5.74) is 5.16. The van der Waals surface area contributed by atoms with Crippen molar-refractivity contribution in [2.24, 2.45) is 0 Å². The Morgan fingerprint density at radius 3 is 3.00 bits per heavy atom. The molecule has 2 heteroatoms. The molecule has 0 saturated heterocycles. The zero-order valence-corrected chi connectivity index (χ0v) is 7.73. The molecule has 3 rings (SSSR count). The molecule has 14 heavy (non-hydrogen) atoms. The van der Waals surface area contributed by atoms with E-state index >= 15 is 0 Å². The van der Waals surface area contributed by atoms with E-state index in [1.165, 1.54) is 11.1 Å². The first kappa shape index (κ1) is 7.83. The van der Waals surface area contributed by atoms with E-state index in [0.29, 0.717) is 0 Å². The first-order valence-electron chi connectivity index (χ1n) is 4.76. The first-order chi connectivity index (χ1) is 6.88. The van der Waals surface area contributed by atoms with Crippen LogP contribution in [0.15, 0.2) is 42.6 Å². The molecule has 70 valence electrons. The Labute approximate surface area is 82.8 Å². The Hall–Kier alpha value is -1.54. The van der Waals surface area contributed by atoms with E-state index in [1.54, 1.807) is 0 Å². The van der Waals surface area contributed by atoms with Crippen LogP contribution in [0.3, 0.4) is 0 Å². The second-order valence-corrected chi connectivity index (χ2v) is 3.72. The van der Waals surface area contributed by atoms with Crippen molar-refractivity contribution in [1.29, 1.82) is 0 Å². The van der Waals surface area contributed by atoms with Gasteiger partial charge in [0.05, 0.1) is 0 Å². The van der Waals surface area contributed by atoms with Crippen molar-refractivity contribution in [3.8, 4) is 0 Å². The van der Waals surface area contributed by atoms with E-state index in [-0.39, 0.29) is 5.60 Å². The number of rotatable bonds is 0. The van der Waals surface area contributed by atoms with Crippen LogP contribution >= 0.6 is 0 Å². The monoisotopic (exact) mass is 185 g/mol. The maximum atomic E-state index is 5.49. The van der Waals surface area contributed by atoms with Crippen LogP contribution in [0.25, 0.3) is 6.08 Å². The van der Waals surface area contributed by atoms with Crippen molar-refractivity contribution in [2.45, 2.75) is 12.0 Å². The molecule has 0 fully saturated rings. The summed E-state index contributed by atoms with van der Waals surface area (Å²) < 4.78 is 0. The highest BCUT2D eigenvalue weighted by atomic mass is 16.7. The second kappa shape index (κ2) is 2.72. The number of hydrogen-bond donors (Lipinski definition) is 1. The molecule has 1 aromatic rings. The van der Waals surface area contributed by atoms with Crippen molar-refractivity contribution in [3.63, 3.8) is 0 Å². The number of hydroxylamine groups is 1. The molecular formula is C12H11NO. The third-order valence-corrected chi connectivity index (χ3v) is 2.75. The van der Waals surface area contributed by atoms with Crippen molar-refractivity contribution in [2.75, 3.05) is 0 Å². The fourth-order valence-corrected chi connectivity index (χ4v) is 1.98. The molecule has 1 aliphatic carbocycles. The van der Waals surface area contributed by atoms with Gasteiger partial charge in [-0.2, -0.15) is 0 Å². The molecule has 1 spiro atoms. The molecule has 0 radical (unpaired) electrons. The van der Waals surface area contributed by atoms with Crippen LogP contribution < -0.4 is 5.48 Å². The lowest BCUT2D eigenvalue weighted by Crippen LogP contribution is -2.31. The van der Waals surface area contributed by atoms with Crippen LogP contribution in [0.2, 0.25) is 0 Å². The Bertz CT molecular complexity index is 422. The minimum atomic E-state index is -0.256. The highest BCUT2D eigenvalue weighted by Crippen LogP contribution is 2.30. The summed E-state index contributed by atoms with van der Waals surface area (Å²) in [5.74, 6) is 0. The minimum absolute atomic E-state index is 0.256. The summed E-state index contributed by atoms with van der Waals surface area (Å²) in [6, 6.07) is 8.41. The number of hydrogen-bond acceptors (Lipinski definition) is 2. The molecule has 2 aliphatic rings. The summed E-state index contributed by atoms with van der Waals surface area (Å²) in [6.45, 7) is 0. The van der Waals surface area contributed by atoms with E-state index in [9.17, 15) is 0 Å². The van der Waals surface area contributed by atoms with Crippen LogP contribution in [-0.4, -0.2) is 5.60 Å². The average Bonchev–Trinajstić information content (AvgIpc) is 2.66. The largest absolute Gasteiger partial charge is 0.273 e. The molecule has 0 bridgehead atoms. The fourth-order valence-electron chi connectivity index (χ4n) is 1.98. The van der Waals surface area contributed by atoms with Gasteiger partial charge in [-0.3, -0.25) is 10.3 Å². The number of nitrogens with one attached hydrogen (secondary N) is 1. The van der Waals surface area contributed by atoms with E-state index in [2.05, 4.69) is 48.0 Å². The summed E-state index contributed by atoms with van der Waals surface area (Å²) in [6.07, 6.45) is 9.03. The number of benzene rings is 1. The summed E-state index contributed by atoms with van der Waals surface area (Å²) in [4.78, 5) is 5.49. The Balaban J connectivity index is 2.04. The predicted molar refractivity (Wildman–Crippen MR) is 55.3 cm³/mol. The third kappa shape index (κ3) is 1.08. The van der Waals surface area contributed by atoms with Gasteiger partial charge >= 0.3 is 0 Å². The summed E-state index contributed by atoms with van der Waals surface area (Å²) >= 11 is 0. The first-order valence-corrected chi connectivity index (χ1v) is 4.76. The standard InChI is InChI=1S/C12H11NO/c1-2-4-11-9-12(7-8-13-14-12)6-5-10(11)3-1/h1-8,13H,9H2. The smallest absolute Gasteiger partial charge is 0.138 e. The summed E-state index contributed by atoms with van der Waals surface area (Å²) in [5, 5.41) is 0. The quantitative estimate of drug-likeness (QED) is 0.667. The second-order valence-electron chi connectivity index (χ2n) is 3.72. The van der Waals surface area contributed by atoms with Crippen molar-refractivity contribution in [3.05, 3.63) is 53.7 Å². The molecule has 1 aliphatic heterocycles. The van der Waals surface area contributed by atoms with Gasteiger partial charge in [0.2, 0.25) is 0 Å². The molecule has 1 heterocycles. The SMILES string of the molecule is C1=CC2(C=Cc3ccccc3C2)ON1. The van der Waals surface area contributed by atoms with Crippen LogP contribution in [0, 0.1) is 0 Å². The Morgan fingerprint density at radius 2 is 2.14 bits per heavy atom. The van der Waals surface area contributed by atoms with E-state index in [4.69, 9.17) is 4.84 Å². The lowest BCUT2D eigenvalue weighted by molar-refractivity contribution is -0.00423. The Morgan fingerprint density at radius 1 is 1.21 bits per heavy atom. The van der Waals surface area contributed by atoms with Gasteiger partial charge in [-0.1, -0.05) is 30.3 Å². The molecule has 2 nitrogen and oxygen atoms in total. The van der Waals surface area contributed by atoms with Gasteiger partial charge in [0.1, 0.15) is 5.60 Å². The van der Waals surface area contributed by atoms with Crippen LogP contribution in [-0.2, 0) is 11.3 Å². The van der Waals surface area contributed by atoms with E-state index < -0.39 is 0 Å². The summed E-state index contributed by atoms with van der Waals surface area (Å²) in [7, 11) is 0. The minimum Gasteiger partial charge on any atom is -0.273 e. The van der Waals surface area contributed by atoms with Crippen molar-refractivity contribution < 1.29 is 4.84 Å². The average molecular weight is 185 g/mol. The third-order valence-electron chi connectivity index (χ3n) is 2.75. The van der Waals surface area contributed by atoms with Gasteiger partial charge in [0, 0.05) is 12.6 Å². The lowest BCUT2D eigenvalue weighted by Gasteiger charge is -2.26. The lowest BCUT2D eigenvalue weighted by atomic mass is 9.86. The highest BCUT2D eigenvalue weighted by molar-refractivity contribution is 5.59. The van der Waals surface area contributed by atoms with Crippen molar-refractivity contribution >= 4 is 6.08 Å². The maximum Gasteiger partial charge on any atom is 0.138 e. The normalized spacial score (nSPS) is 27.7. The van der Waals surface area contributed by atoms with E-state index in [1.807, 2.05) is 6.20 Å². The van der Waals surface area contributed by atoms with Gasteiger partial charge < -0.3 is 0 Å². The molecule has 1 unspecified atom stereocenters. The topological polar surface area (TPSA) is 21.3 Å². The molecule has 0 saturated carbocycles. The van der Waals surface area contributed by atoms with Crippen LogP contribution in [0.1, 0.15) is 11.1 Å². The van der Waals surface area contributed by atoms with Gasteiger partial charge in [0.15, 0.2) is 0 Å². The van der Waals surface area contributed by atoms with Gasteiger partial charge in [-0.05, 0) is 23.3 Å². The highest BCUT2D eigenvalue weighted by Gasteiger charge is 2.32. The van der Waals surface area contributed by atoms with Gasteiger partial charge in [0.25, 0.3) is 0 Å². The molecular weight excluding hydrogens is 174 g/mol. The van der Waals surface area contributed by atoms with Crippen LogP contribution in [0.5, 0.6) is 0 Å². The maximum absolute atomic E-state index is 5.49. The van der Waals surface area contributed by atoms with Crippen molar-refractivity contribution in [1.82, 2.24) is 5.48 Å². The predicted octanol–water partition coefficient (Wildman–Crippen LogP) is 2.04. The molecule has 0 amide bonds. The van der Waals surface area contributed by atoms with Gasteiger partial charge in [-0.15, -0.1) is 0 Å². The fraction of sp³-hybridized carbons (Fsp3) is 0.167. The van der Waals surface area contributed by atoms with E-state index in [0.717, 1.165) is 6.42 Å². The Kier molecular flexibility index (Phi) is 1.52. The molecule has 0 aromatic heterocycles. The number of fused-ring (bicyclic) bond motifs is 1. The van der Waals surface area contributed by atoms with Gasteiger partial charge in [-0.25, -0.2) is 0 Å². The zero-order valence-electron chi connectivity index (χ0n) is 7.73. The molecule has 1 N–H and O–H groups in total. The van der Waals surface area contributed by atoms with Crippen LogP contribution in [0.4, 0.5) is 0 Å². The zero-order chi connectivity index (χ0) is 9.43. The molecule has 1 atom stereocenters.